The number of hydrogen-bond acceptors (Lipinski definition) is 9. The van der Waals surface area contributed by atoms with Gasteiger partial charge in [-0.25, -0.2) is 36.8 Å². The third-order valence-corrected chi connectivity index (χ3v) is 9.59. The minimum Gasteiger partial charge on any atom is -0.395 e. The summed E-state index contributed by atoms with van der Waals surface area (Å²) < 4.78 is 56.2. The molecule has 3 fully saturated rings. The first-order valence-electron chi connectivity index (χ1n) is 13.9. The molecule has 41 heavy (non-hydrogen) atoms. The highest BCUT2D eigenvalue weighted by Gasteiger charge is 2.44. The van der Waals surface area contributed by atoms with Gasteiger partial charge in [-0.05, 0) is 44.1 Å². The lowest BCUT2D eigenvalue weighted by atomic mass is 9.93. The topological polar surface area (TPSA) is 129 Å². The highest BCUT2D eigenvalue weighted by atomic mass is 32.2. The summed E-state index contributed by atoms with van der Waals surface area (Å²) in [6.07, 6.45) is 9.35. The standard InChI is InChI=1S/C27H34F2N8O3S/c1-19-14-21(33-25(32-19)36-10-6-27(28,29)7-11-36)20-16-31-37(18-20)23-17-30-24(34-41(39,40)13-12-38)15-22(23)35-8-4-26(2-3-26)5-9-35/h14-18,38H,2-13H2,1H3,(H,30,34). The van der Waals surface area contributed by atoms with Crippen molar-refractivity contribution >= 4 is 27.5 Å². The van der Waals surface area contributed by atoms with Crippen molar-refractivity contribution in [1.82, 2.24) is 24.7 Å². The summed E-state index contributed by atoms with van der Waals surface area (Å²) in [5.74, 6) is -2.47. The van der Waals surface area contributed by atoms with Crippen LogP contribution in [0.5, 0.6) is 0 Å². The molecule has 14 heteroatoms. The zero-order valence-corrected chi connectivity index (χ0v) is 23.7. The van der Waals surface area contributed by atoms with Crippen molar-refractivity contribution in [2.75, 3.05) is 53.1 Å². The smallest absolute Gasteiger partial charge is 0.251 e. The SMILES string of the molecule is Cc1cc(-c2cnn(-c3cnc(NS(=O)(=O)CCO)cc3N3CCC4(CC3)CC4)c2)nc(N2CCC(F)(F)CC2)n1. The van der Waals surface area contributed by atoms with Crippen molar-refractivity contribution in [3.05, 3.63) is 36.4 Å². The molecule has 2 N–H and O–H groups in total. The van der Waals surface area contributed by atoms with E-state index in [0.717, 1.165) is 42.9 Å². The van der Waals surface area contributed by atoms with Crippen molar-refractivity contribution in [3.63, 3.8) is 0 Å². The molecule has 1 aliphatic carbocycles. The second-order valence-corrected chi connectivity index (χ2v) is 13.2. The van der Waals surface area contributed by atoms with Crippen LogP contribution in [0.25, 0.3) is 16.9 Å². The molecule has 0 atom stereocenters. The van der Waals surface area contributed by atoms with Crippen LogP contribution in [0.3, 0.4) is 0 Å². The molecule has 0 amide bonds. The zero-order valence-electron chi connectivity index (χ0n) is 22.9. The molecule has 1 saturated carbocycles. The molecule has 1 spiro atoms. The van der Waals surface area contributed by atoms with E-state index in [4.69, 9.17) is 5.11 Å². The Hall–Kier alpha value is -3.39. The number of pyridine rings is 1. The Morgan fingerprint density at radius 2 is 1.66 bits per heavy atom. The van der Waals surface area contributed by atoms with Gasteiger partial charge >= 0.3 is 0 Å². The monoisotopic (exact) mass is 588 g/mol. The molecule has 2 saturated heterocycles. The van der Waals surface area contributed by atoms with Crippen LogP contribution in [0.1, 0.15) is 44.2 Å². The number of aromatic nitrogens is 5. The highest BCUT2D eigenvalue weighted by Crippen LogP contribution is 2.54. The fraction of sp³-hybridized carbons (Fsp3) is 0.556. The Balaban J connectivity index is 1.30. The number of nitrogens with zero attached hydrogens (tertiary/aromatic N) is 7. The van der Waals surface area contributed by atoms with E-state index in [2.05, 4.69) is 29.7 Å². The highest BCUT2D eigenvalue weighted by molar-refractivity contribution is 7.92. The first-order valence-corrected chi connectivity index (χ1v) is 15.6. The Morgan fingerprint density at radius 3 is 2.34 bits per heavy atom. The van der Waals surface area contributed by atoms with Crippen molar-refractivity contribution < 1.29 is 22.3 Å². The van der Waals surface area contributed by atoms with Crippen molar-refractivity contribution in [3.8, 4) is 16.9 Å². The molecule has 5 heterocycles. The maximum atomic E-state index is 13.7. The number of aliphatic hydroxyl groups is 1. The summed E-state index contributed by atoms with van der Waals surface area (Å²) >= 11 is 0. The lowest BCUT2D eigenvalue weighted by Gasteiger charge is -2.35. The van der Waals surface area contributed by atoms with E-state index in [1.165, 1.54) is 12.8 Å². The molecule has 0 radical (unpaired) electrons. The van der Waals surface area contributed by atoms with Gasteiger partial charge in [-0.3, -0.25) is 4.72 Å². The van der Waals surface area contributed by atoms with E-state index in [0.29, 0.717) is 22.7 Å². The lowest BCUT2D eigenvalue weighted by Crippen LogP contribution is -2.40. The molecule has 2 aliphatic heterocycles. The number of hydrogen-bond donors (Lipinski definition) is 2. The fourth-order valence-corrected chi connectivity index (χ4v) is 6.39. The second kappa shape index (κ2) is 10.5. The van der Waals surface area contributed by atoms with E-state index >= 15 is 0 Å². The molecular weight excluding hydrogens is 554 g/mol. The molecule has 0 unspecified atom stereocenters. The third-order valence-electron chi connectivity index (χ3n) is 8.35. The quantitative estimate of drug-likeness (QED) is 0.407. The van der Waals surface area contributed by atoms with Crippen LogP contribution in [-0.2, 0) is 10.0 Å². The van der Waals surface area contributed by atoms with Crippen LogP contribution in [0.4, 0.5) is 26.2 Å². The Kier molecular flexibility index (Phi) is 7.09. The molecule has 3 aliphatic rings. The van der Waals surface area contributed by atoms with Crippen LogP contribution in [-0.4, -0.2) is 82.7 Å². The van der Waals surface area contributed by atoms with E-state index < -0.39 is 28.3 Å². The molecule has 0 bridgehead atoms. The molecule has 3 aromatic rings. The van der Waals surface area contributed by atoms with E-state index in [-0.39, 0.29) is 31.7 Å². The summed E-state index contributed by atoms with van der Waals surface area (Å²) in [5.41, 5.74) is 4.04. The summed E-state index contributed by atoms with van der Waals surface area (Å²) in [6, 6.07) is 3.55. The number of nitrogens with one attached hydrogen (secondary N) is 1. The van der Waals surface area contributed by atoms with Crippen LogP contribution in [0.2, 0.25) is 0 Å². The van der Waals surface area contributed by atoms with Crippen LogP contribution in [0.15, 0.2) is 30.7 Å². The van der Waals surface area contributed by atoms with Gasteiger partial charge in [0.05, 0.1) is 36.1 Å². The minimum atomic E-state index is -3.74. The van der Waals surface area contributed by atoms with Crippen molar-refractivity contribution in [2.45, 2.75) is 51.4 Å². The summed E-state index contributed by atoms with van der Waals surface area (Å²) in [7, 11) is -3.74. The van der Waals surface area contributed by atoms with E-state index in [9.17, 15) is 17.2 Å². The van der Waals surface area contributed by atoms with Gasteiger partial charge in [-0.2, -0.15) is 5.10 Å². The third kappa shape index (κ3) is 6.13. The fourth-order valence-electron chi connectivity index (χ4n) is 5.62. The van der Waals surface area contributed by atoms with E-state index in [1.54, 1.807) is 28.0 Å². The first-order chi connectivity index (χ1) is 19.5. The second-order valence-electron chi connectivity index (χ2n) is 11.4. The van der Waals surface area contributed by atoms with Gasteiger partial charge in [0.1, 0.15) is 11.5 Å². The largest absolute Gasteiger partial charge is 0.395 e. The minimum absolute atomic E-state index is 0.180. The molecule has 6 rings (SSSR count). The maximum absolute atomic E-state index is 13.7. The Morgan fingerprint density at radius 1 is 0.951 bits per heavy atom. The van der Waals surface area contributed by atoms with Gasteiger partial charge in [0.15, 0.2) is 0 Å². The van der Waals surface area contributed by atoms with Crippen molar-refractivity contribution in [2.24, 2.45) is 5.41 Å². The Labute approximate surface area is 237 Å². The van der Waals surface area contributed by atoms with Gasteiger partial charge in [0.25, 0.3) is 5.92 Å². The van der Waals surface area contributed by atoms with Crippen LogP contribution >= 0.6 is 0 Å². The first kappa shape index (κ1) is 27.8. The van der Waals surface area contributed by atoms with Gasteiger partial charge < -0.3 is 14.9 Å². The number of rotatable bonds is 8. The molecular formula is C27H34F2N8O3S. The van der Waals surface area contributed by atoms with Crippen molar-refractivity contribution in [1.29, 1.82) is 0 Å². The lowest BCUT2D eigenvalue weighted by molar-refractivity contribution is -0.0222. The number of halogens is 2. The molecule has 220 valence electrons. The Bertz CT molecular complexity index is 1520. The predicted octanol–water partition coefficient (Wildman–Crippen LogP) is 3.38. The van der Waals surface area contributed by atoms with Gasteiger partial charge in [0.2, 0.25) is 16.0 Å². The van der Waals surface area contributed by atoms with Crippen LogP contribution < -0.4 is 14.5 Å². The van der Waals surface area contributed by atoms with E-state index in [1.807, 2.05) is 19.2 Å². The number of alkyl halides is 2. The summed E-state index contributed by atoms with van der Waals surface area (Å²) in [5, 5.41) is 13.7. The zero-order chi connectivity index (χ0) is 28.8. The van der Waals surface area contributed by atoms with Gasteiger partial charge in [0, 0.05) is 62.5 Å². The average Bonchev–Trinajstić information content (AvgIpc) is 3.48. The maximum Gasteiger partial charge on any atom is 0.251 e. The normalized spacial score (nSPS) is 19.9. The van der Waals surface area contributed by atoms with Crippen LogP contribution in [0, 0.1) is 12.3 Å². The number of anilines is 3. The molecule has 0 aromatic carbocycles. The number of aliphatic hydroxyl groups excluding tert-OH is 1. The average molecular weight is 589 g/mol. The number of sulfonamides is 1. The summed E-state index contributed by atoms with van der Waals surface area (Å²) in [6.45, 7) is 3.43. The predicted molar refractivity (Wildman–Crippen MR) is 151 cm³/mol. The van der Waals surface area contributed by atoms with Gasteiger partial charge in [-0.1, -0.05) is 0 Å². The molecule has 11 nitrogen and oxygen atoms in total. The molecule has 3 aromatic heterocycles. The summed E-state index contributed by atoms with van der Waals surface area (Å²) in [4.78, 5) is 17.6. The number of piperidine rings is 2. The van der Waals surface area contributed by atoms with Gasteiger partial charge in [-0.15, -0.1) is 0 Å². The number of aryl methyl sites for hydroxylation is 1.